The lowest BCUT2D eigenvalue weighted by Gasteiger charge is -2.50. The summed E-state index contributed by atoms with van der Waals surface area (Å²) in [6.45, 7) is 0.885. The number of aryl methyl sites for hydroxylation is 1. The van der Waals surface area contributed by atoms with E-state index in [0.29, 0.717) is 13.1 Å². The highest BCUT2D eigenvalue weighted by Crippen LogP contribution is 2.45. The minimum atomic E-state index is -3.84. The Morgan fingerprint density at radius 2 is 1.72 bits per heavy atom. The van der Waals surface area contributed by atoms with Crippen LogP contribution in [0.15, 0.2) is 23.4 Å². The minimum Gasteiger partial charge on any atom is -0.295 e. The van der Waals surface area contributed by atoms with E-state index in [2.05, 4.69) is 10.3 Å². The SMILES string of the molecule is Cn1cc(S(=O)(=O)N2CCN(C3(CCC(=O)c4c(F)cc(Cl)cc4Cl)CCC(F)(F)CC3)CC2)nn1. The maximum atomic E-state index is 14.4. The molecule has 8 nitrogen and oxygen atoms in total. The van der Waals surface area contributed by atoms with E-state index in [9.17, 15) is 26.4 Å². The largest absolute Gasteiger partial charge is 0.295 e. The number of sulfonamides is 1. The van der Waals surface area contributed by atoms with E-state index in [4.69, 9.17) is 23.2 Å². The number of ketones is 1. The highest BCUT2D eigenvalue weighted by molar-refractivity contribution is 7.89. The average molecular weight is 568 g/mol. The van der Waals surface area contributed by atoms with Crippen molar-refractivity contribution in [3.63, 3.8) is 0 Å². The number of nitrogens with zero attached hydrogens (tertiary/aromatic N) is 5. The molecule has 0 atom stereocenters. The quantitative estimate of drug-likeness (QED) is 0.466. The number of Topliss-reactive ketones (excluding diaryl/α,β-unsaturated/α-hetero) is 1. The van der Waals surface area contributed by atoms with Crippen molar-refractivity contribution in [2.24, 2.45) is 7.05 Å². The normalized spacial score (nSPS) is 20.9. The fourth-order valence-electron chi connectivity index (χ4n) is 5.06. The molecule has 198 valence electrons. The molecule has 0 spiro atoms. The maximum absolute atomic E-state index is 14.4. The van der Waals surface area contributed by atoms with Gasteiger partial charge in [0, 0.05) is 63.1 Å². The number of benzene rings is 1. The third-order valence-electron chi connectivity index (χ3n) is 7.11. The second-order valence-corrected chi connectivity index (χ2v) is 12.1. The van der Waals surface area contributed by atoms with Crippen molar-refractivity contribution in [2.75, 3.05) is 26.2 Å². The molecule has 36 heavy (non-hydrogen) atoms. The van der Waals surface area contributed by atoms with Gasteiger partial charge in [-0.2, -0.15) is 4.31 Å². The van der Waals surface area contributed by atoms with E-state index >= 15 is 0 Å². The summed E-state index contributed by atoms with van der Waals surface area (Å²) in [4.78, 5) is 14.9. The minimum absolute atomic E-state index is 0.0642. The van der Waals surface area contributed by atoms with Gasteiger partial charge in [0.05, 0.1) is 16.8 Å². The Hall–Kier alpha value is -1.73. The van der Waals surface area contributed by atoms with Gasteiger partial charge in [0.25, 0.3) is 10.0 Å². The molecule has 14 heteroatoms. The van der Waals surface area contributed by atoms with Crippen molar-refractivity contribution < 1.29 is 26.4 Å². The van der Waals surface area contributed by atoms with Crippen LogP contribution >= 0.6 is 23.2 Å². The third-order valence-corrected chi connectivity index (χ3v) is 9.39. The molecule has 2 aromatic rings. The van der Waals surface area contributed by atoms with Crippen LogP contribution in [0.4, 0.5) is 13.2 Å². The molecular weight excluding hydrogens is 542 g/mol. The first-order valence-corrected chi connectivity index (χ1v) is 13.7. The van der Waals surface area contributed by atoms with Crippen molar-refractivity contribution in [2.45, 2.75) is 55.0 Å². The summed E-state index contributed by atoms with van der Waals surface area (Å²) >= 11 is 11.8. The lowest BCUT2D eigenvalue weighted by atomic mass is 9.74. The molecule has 1 saturated heterocycles. The van der Waals surface area contributed by atoms with Gasteiger partial charge in [0.2, 0.25) is 10.9 Å². The van der Waals surface area contributed by atoms with Gasteiger partial charge in [0.15, 0.2) is 5.78 Å². The summed E-state index contributed by atoms with van der Waals surface area (Å²) < 4.78 is 70.9. The number of halogens is 5. The van der Waals surface area contributed by atoms with Crippen LogP contribution in [0.25, 0.3) is 0 Å². The van der Waals surface area contributed by atoms with Crippen LogP contribution in [0, 0.1) is 5.82 Å². The highest BCUT2D eigenvalue weighted by atomic mass is 35.5. The van der Waals surface area contributed by atoms with Gasteiger partial charge in [-0.05, 0) is 31.4 Å². The van der Waals surface area contributed by atoms with Crippen molar-refractivity contribution in [1.29, 1.82) is 0 Å². The lowest BCUT2D eigenvalue weighted by molar-refractivity contribution is -0.0891. The van der Waals surface area contributed by atoms with E-state index in [-0.39, 0.29) is 72.2 Å². The van der Waals surface area contributed by atoms with Gasteiger partial charge in [-0.3, -0.25) is 14.4 Å². The number of hydrogen-bond acceptors (Lipinski definition) is 6. The first kappa shape index (κ1) is 27.3. The topological polar surface area (TPSA) is 88.4 Å². The average Bonchev–Trinajstić information content (AvgIpc) is 3.25. The van der Waals surface area contributed by atoms with Crippen LogP contribution < -0.4 is 0 Å². The summed E-state index contributed by atoms with van der Waals surface area (Å²) in [5.74, 6) is -4.16. The Kier molecular flexibility index (Phi) is 7.74. The van der Waals surface area contributed by atoms with Crippen molar-refractivity contribution in [3.8, 4) is 0 Å². The number of carbonyl (C=O) groups excluding carboxylic acids is 1. The number of alkyl halides is 2. The number of carbonyl (C=O) groups is 1. The molecule has 1 aliphatic heterocycles. The van der Waals surface area contributed by atoms with Gasteiger partial charge in [0.1, 0.15) is 5.82 Å². The summed E-state index contributed by atoms with van der Waals surface area (Å²) in [5, 5.41) is 7.18. The molecule has 2 aliphatic rings. The van der Waals surface area contributed by atoms with Crippen LogP contribution in [-0.2, 0) is 17.1 Å². The fraction of sp³-hybridized carbons (Fsp3) is 0.591. The Labute approximate surface area is 217 Å². The predicted octanol–water partition coefficient (Wildman–Crippen LogP) is 4.18. The van der Waals surface area contributed by atoms with Crippen LogP contribution in [0.1, 0.15) is 48.9 Å². The molecular formula is C22H26Cl2F3N5O3S. The van der Waals surface area contributed by atoms with Crippen molar-refractivity contribution in [1.82, 2.24) is 24.2 Å². The summed E-state index contributed by atoms with van der Waals surface area (Å²) in [7, 11) is -2.27. The van der Waals surface area contributed by atoms with Crippen LogP contribution in [-0.4, -0.2) is 76.0 Å². The monoisotopic (exact) mass is 567 g/mol. The Bertz CT molecular complexity index is 1220. The zero-order valence-electron chi connectivity index (χ0n) is 19.6. The van der Waals surface area contributed by atoms with Gasteiger partial charge < -0.3 is 0 Å². The number of rotatable bonds is 7. The standard InChI is InChI=1S/C22H26Cl2F3N5O3S/c1-30-14-19(28-29-30)36(34,35)32-10-8-31(9-11-32)21(4-6-22(26,27)7-5-21)3-2-18(33)20-16(24)12-15(23)13-17(20)25/h12-14H,2-11H2,1H3. The Morgan fingerprint density at radius 1 is 1.08 bits per heavy atom. The summed E-state index contributed by atoms with van der Waals surface area (Å²) in [5.41, 5.74) is -1.01. The van der Waals surface area contributed by atoms with E-state index < -0.39 is 33.1 Å². The van der Waals surface area contributed by atoms with Crippen molar-refractivity contribution >= 4 is 39.0 Å². The predicted molar refractivity (Wildman–Crippen MR) is 127 cm³/mol. The maximum Gasteiger partial charge on any atom is 0.264 e. The molecule has 1 saturated carbocycles. The van der Waals surface area contributed by atoms with Crippen LogP contribution in [0.2, 0.25) is 10.0 Å². The number of aromatic nitrogens is 3. The van der Waals surface area contributed by atoms with Gasteiger partial charge in [-0.1, -0.05) is 28.4 Å². The molecule has 0 bridgehead atoms. The molecule has 1 aromatic carbocycles. The summed E-state index contributed by atoms with van der Waals surface area (Å²) in [6, 6.07) is 2.29. The fourth-order valence-corrected chi connectivity index (χ4v) is 6.97. The number of piperazine rings is 1. The Balaban J connectivity index is 1.49. The summed E-state index contributed by atoms with van der Waals surface area (Å²) in [6.07, 6.45) is 1.05. The molecule has 2 heterocycles. The zero-order valence-corrected chi connectivity index (χ0v) is 21.9. The molecule has 1 aromatic heterocycles. The molecule has 4 rings (SSSR count). The molecule has 0 unspecified atom stereocenters. The van der Waals surface area contributed by atoms with Gasteiger partial charge in [-0.15, -0.1) is 5.10 Å². The van der Waals surface area contributed by atoms with E-state index in [1.54, 1.807) is 7.05 Å². The zero-order chi connectivity index (χ0) is 26.3. The second kappa shape index (κ2) is 10.2. The number of hydrogen-bond donors (Lipinski definition) is 0. The van der Waals surface area contributed by atoms with E-state index in [1.807, 2.05) is 4.90 Å². The molecule has 2 fully saturated rings. The first-order chi connectivity index (χ1) is 16.8. The van der Waals surface area contributed by atoms with E-state index in [0.717, 1.165) is 6.07 Å². The lowest BCUT2D eigenvalue weighted by Crippen LogP contribution is -2.59. The van der Waals surface area contributed by atoms with Gasteiger partial charge in [-0.25, -0.2) is 21.6 Å². The van der Waals surface area contributed by atoms with Gasteiger partial charge >= 0.3 is 0 Å². The third kappa shape index (κ3) is 5.57. The molecule has 0 radical (unpaired) electrons. The van der Waals surface area contributed by atoms with Crippen LogP contribution in [0.5, 0.6) is 0 Å². The van der Waals surface area contributed by atoms with Crippen molar-refractivity contribution in [3.05, 3.63) is 39.8 Å². The Morgan fingerprint density at radius 3 is 2.28 bits per heavy atom. The van der Waals surface area contributed by atoms with E-state index in [1.165, 1.54) is 21.3 Å². The smallest absolute Gasteiger partial charge is 0.264 e. The molecule has 0 N–H and O–H groups in total. The molecule has 1 aliphatic carbocycles. The second-order valence-electron chi connectivity index (χ2n) is 9.37. The molecule has 0 amide bonds. The first-order valence-electron chi connectivity index (χ1n) is 11.5. The van der Waals surface area contributed by atoms with Crippen LogP contribution in [0.3, 0.4) is 0 Å². The highest BCUT2D eigenvalue weighted by Gasteiger charge is 2.47.